The molecule has 0 heterocycles. The van der Waals surface area contributed by atoms with E-state index in [1.54, 1.807) is 42.5 Å². The van der Waals surface area contributed by atoms with Crippen molar-refractivity contribution < 1.29 is 22.7 Å². The molecule has 3 aromatic carbocycles. The molecular formula is C21H19ClN2O5S. The van der Waals surface area contributed by atoms with Crippen molar-refractivity contribution in [2.24, 2.45) is 0 Å². The highest BCUT2D eigenvalue weighted by Crippen LogP contribution is 2.29. The number of hydrogen-bond acceptors (Lipinski definition) is 5. The summed E-state index contributed by atoms with van der Waals surface area (Å²) in [5, 5.41) is 3.08. The summed E-state index contributed by atoms with van der Waals surface area (Å²) in [6.45, 7) is 0. The Morgan fingerprint density at radius 3 is 2.30 bits per heavy atom. The fourth-order valence-electron chi connectivity index (χ4n) is 2.65. The molecule has 0 aromatic heterocycles. The molecule has 0 bridgehead atoms. The summed E-state index contributed by atoms with van der Waals surface area (Å²) >= 11 is 5.93. The predicted molar refractivity (Wildman–Crippen MR) is 116 cm³/mol. The Morgan fingerprint density at radius 2 is 1.67 bits per heavy atom. The number of ether oxygens (including phenoxy) is 2. The maximum Gasteiger partial charge on any atom is 0.261 e. The summed E-state index contributed by atoms with van der Waals surface area (Å²) in [5.41, 5.74) is 0.908. The molecule has 0 saturated heterocycles. The van der Waals surface area contributed by atoms with Crippen LogP contribution in [0.15, 0.2) is 71.6 Å². The summed E-state index contributed by atoms with van der Waals surface area (Å²) in [4.78, 5) is 12.5. The van der Waals surface area contributed by atoms with Gasteiger partial charge >= 0.3 is 0 Å². The average molecular weight is 447 g/mol. The minimum Gasteiger partial charge on any atom is -0.497 e. The lowest BCUT2D eigenvalue weighted by atomic mass is 10.2. The molecule has 0 saturated carbocycles. The standard InChI is InChI=1S/C21H19ClN2O5S/c1-28-17-8-6-16(7-9-17)24-30(26,27)18-10-11-20(29-2)19(13-18)23-21(25)14-4-3-5-15(22)12-14/h3-13,24H,1-2H3,(H,23,25). The molecule has 30 heavy (non-hydrogen) atoms. The van der Waals surface area contributed by atoms with Crippen molar-refractivity contribution in [1.29, 1.82) is 0 Å². The third-order valence-corrected chi connectivity index (χ3v) is 5.77. The van der Waals surface area contributed by atoms with Crippen LogP contribution in [0.3, 0.4) is 0 Å². The summed E-state index contributed by atoms with van der Waals surface area (Å²) in [7, 11) is -0.958. The van der Waals surface area contributed by atoms with E-state index < -0.39 is 15.9 Å². The molecule has 0 fully saturated rings. The van der Waals surface area contributed by atoms with Gasteiger partial charge in [-0.15, -0.1) is 0 Å². The van der Waals surface area contributed by atoms with Crippen LogP contribution < -0.4 is 19.5 Å². The monoisotopic (exact) mass is 446 g/mol. The van der Waals surface area contributed by atoms with Crippen LogP contribution in [0.2, 0.25) is 5.02 Å². The maximum atomic E-state index is 12.8. The second-order valence-corrected chi connectivity index (χ2v) is 8.28. The van der Waals surface area contributed by atoms with Crippen molar-refractivity contribution in [3.05, 3.63) is 77.3 Å². The highest BCUT2D eigenvalue weighted by Gasteiger charge is 2.18. The van der Waals surface area contributed by atoms with Crippen LogP contribution in [0.4, 0.5) is 11.4 Å². The van der Waals surface area contributed by atoms with Gasteiger partial charge in [0.15, 0.2) is 0 Å². The van der Waals surface area contributed by atoms with E-state index >= 15 is 0 Å². The summed E-state index contributed by atoms with van der Waals surface area (Å²) < 4.78 is 38.4. The van der Waals surface area contributed by atoms with E-state index in [4.69, 9.17) is 21.1 Å². The van der Waals surface area contributed by atoms with Gasteiger partial charge in [-0.05, 0) is 60.7 Å². The van der Waals surface area contributed by atoms with E-state index in [-0.39, 0.29) is 10.6 Å². The van der Waals surface area contributed by atoms with Crippen LogP contribution in [-0.4, -0.2) is 28.5 Å². The second-order valence-electron chi connectivity index (χ2n) is 6.16. The molecular weight excluding hydrogens is 428 g/mol. The number of rotatable bonds is 7. The minimum atomic E-state index is -3.91. The molecule has 7 nitrogen and oxygen atoms in total. The van der Waals surface area contributed by atoms with Gasteiger partial charge in [0.25, 0.3) is 15.9 Å². The van der Waals surface area contributed by atoms with Gasteiger partial charge in [0.2, 0.25) is 0 Å². The van der Waals surface area contributed by atoms with Crippen LogP contribution in [0.25, 0.3) is 0 Å². The van der Waals surface area contributed by atoms with Gasteiger partial charge < -0.3 is 14.8 Å². The SMILES string of the molecule is COc1ccc(NS(=O)(=O)c2ccc(OC)c(NC(=O)c3cccc(Cl)c3)c2)cc1. The normalized spacial score (nSPS) is 10.9. The Balaban J connectivity index is 1.87. The molecule has 3 aromatic rings. The molecule has 0 aliphatic rings. The molecule has 2 N–H and O–H groups in total. The molecule has 0 aliphatic carbocycles. The van der Waals surface area contributed by atoms with Gasteiger partial charge in [-0.3, -0.25) is 9.52 Å². The molecule has 0 spiro atoms. The minimum absolute atomic E-state index is 0.0412. The van der Waals surface area contributed by atoms with Crippen LogP contribution in [0, 0.1) is 0 Å². The van der Waals surface area contributed by atoms with Gasteiger partial charge in [0.05, 0.1) is 24.8 Å². The van der Waals surface area contributed by atoms with Gasteiger partial charge in [-0.2, -0.15) is 0 Å². The van der Waals surface area contributed by atoms with Crippen LogP contribution in [-0.2, 0) is 10.0 Å². The van der Waals surface area contributed by atoms with Gasteiger partial charge in [0.1, 0.15) is 11.5 Å². The maximum absolute atomic E-state index is 12.8. The molecule has 156 valence electrons. The molecule has 0 unspecified atom stereocenters. The summed E-state index contributed by atoms with van der Waals surface area (Å²) in [5.74, 6) is 0.468. The smallest absolute Gasteiger partial charge is 0.261 e. The number of nitrogens with one attached hydrogen (secondary N) is 2. The lowest BCUT2D eigenvalue weighted by Crippen LogP contribution is -2.15. The van der Waals surface area contributed by atoms with Crippen molar-refractivity contribution in [3.63, 3.8) is 0 Å². The fraction of sp³-hybridized carbons (Fsp3) is 0.0952. The van der Waals surface area contributed by atoms with E-state index in [2.05, 4.69) is 10.0 Å². The van der Waals surface area contributed by atoms with Crippen molar-refractivity contribution >= 4 is 38.9 Å². The quantitative estimate of drug-likeness (QED) is 0.560. The lowest BCUT2D eigenvalue weighted by Gasteiger charge is -2.14. The zero-order valence-electron chi connectivity index (χ0n) is 16.2. The van der Waals surface area contributed by atoms with Crippen molar-refractivity contribution in [2.75, 3.05) is 24.3 Å². The topological polar surface area (TPSA) is 93.7 Å². The average Bonchev–Trinajstić information content (AvgIpc) is 2.74. The van der Waals surface area contributed by atoms with E-state index in [0.717, 1.165) is 0 Å². The van der Waals surface area contributed by atoms with Crippen molar-refractivity contribution in [2.45, 2.75) is 4.90 Å². The van der Waals surface area contributed by atoms with Gasteiger partial charge in [0, 0.05) is 16.3 Å². The van der Waals surface area contributed by atoms with Crippen LogP contribution in [0.5, 0.6) is 11.5 Å². The first-order chi connectivity index (χ1) is 14.3. The molecule has 0 atom stereocenters. The first-order valence-electron chi connectivity index (χ1n) is 8.74. The number of benzene rings is 3. The molecule has 0 radical (unpaired) electrons. The number of carbonyl (C=O) groups is 1. The first kappa shape index (κ1) is 21.5. The lowest BCUT2D eigenvalue weighted by molar-refractivity contribution is 0.102. The summed E-state index contributed by atoms with van der Waals surface area (Å²) in [6.07, 6.45) is 0. The molecule has 9 heteroatoms. The van der Waals surface area contributed by atoms with Crippen molar-refractivity contribution in [1.82, 2.24) is 0 Å². The number of carbonyl (C=O) groups excluding carboxylic acids is 1. The second kappa shape index (κ2) is 9.06. The largest absolute Gasteiger partial charge is 0.497 e. The van der Waals surface area contributed by atoms with Gasteiger partial charge in [-0.1, -0.05) is 17.7 Å². The number of amides is 1. The van der Waals surface area contributed by atoms with Crippen molar-refractivity contribution in [3.8, 4) is 11.5 Å². The van der Waals surface area contributed by atoms with E-state index in [1.165, 1.54) is 38.5 Å². The highest BCUT2D eigenvalue weighted by molar-refractivity contribution is 7.92. The van der Waals surface area contributed by atoms with E-state index in [1.807, 2.05) is 0 Å². The van der Waals surface area contributed by atoms with E-state index in [0.29, 0.717) is 27.8 Å². The predicted octanol–water partition coefficient (Wildman–Crippen LogP) is 4.41. The van der Waals surface area contributed by atoms with E-state index in [9.17, 15) is 13.2 Å². The highest BCUT2D eigenvalue weighted by atomic mass is 35.5. The Labute approximate surface area is 179 Å². The zero-order chi connectivity index (χ0) is 21.7. The number of sulfonamides is 1. The molecule has 1 amide bonds. The van der Waals surface area contributed by atoms with Crippen LogP contribution >= 0.6 is 11.6 Å². The third-order valence-electron chi connectivity index (χ3n) is 4.16. The Hall–Kier alpha value is -3.23. The Kier molecular flexibility index (Phi) is 6.49. The number of methoxy groups -OCH3 is 2. The van der Waals surface area contributed by atoms with Gasteiger partial charge in [-0.25, -0.2) is 8.42 Å². The number of hydrogen-bond donors (Lipinski definition) is 2. The first-order valence-corrected chi connectivity index (χ1v) is 10.6. The van der Waals surface area contributed by atoms with Crippen LogP contribution in [0.1, 0.15) is 10.4 Å². The Morgan fingerprint density at radius 1 is 0.933 bits per heavy atom. The number of halogens is 1. The molecule has 0 aliphatic heterocycles. The Bertz CT molecular complexity index is 1160. The number of anilines is 2. The fourth-order valence-corrected chi connectivity index (χ4v) is 3.92. The summed E-state index contributed by atoms with van der Waals surface area (Å²) in [6, 6.07) is 17.0. The zero-order valence-corrected chi connectivity index (χ0v) is 17.8. The molecule has 3 rings (SSSR count). The third kappa shape index (κ3) is 5.03.